The Balaban J connectivity index is 2.34. The number of sulfonamides is 1. The van der Waals surface area contributed by atoms with Crippen LogP contribution in [0.4, 0.5) is 0 Å². The summed E-state index contributed by atoms with van der Waals surface area (Å²) in [6, 6.07) is 5.92. The smallest absolute Gasteiger partial charge is 0.242 e. The molecule has 0 bridgehead atoms. The predicted octanol–water partition coefficient (Wildman–Crippen LogP) is 0.852. The third-order valence-corrected chi connectivity index (χ3v) is 4.53. The molecule has 5 nitrogen and oxygen atoms in total. The van der Waals surface area contributed by atoms with Crippen molar-refractivity contribution < 1.29 is 8.42 Å². The lowest BCUT2D eigenvalue weighted by Crippen LogP contribution is -2.36. The van der Waals surface area contributed by atoms with Crippen LogP contribution in [-0.2, 0) is 10.0 Å². The van der Waals surface area contributed by atoms with Gasteiger partial charge in [0, 0.05) is 17.6 Å². The molecule has 1 aliphatic rings. The standard InChI is InChI=1S/C11H12ClN3O2S/c12-9-2-1-8(6-13)11(5-9)18(16,17)15-10-3-4-14-7-10/h1-2,5,10,14-15H,3-4,7H2/t10-/m1/s1. The molecule has 96 valence electrons. The largest absolute Gasteiger partial charge is 0.315 e. The molecular formula is C11H12ClN3O2S. The van der Waals surface area contributed by atoms with Crippen LogP contribution in [0.2, 0.25) is 5.02 Å². The van der Waals surface area contributed by atoms with E-state index in [9.17, 15) is 8.42 Å². The fourth-order valence-corrected chi connectivity index (χ4v) is 3.54. The Morgan fingerprint density at radius 3 is 2.89 bits per heavy atom. The molecule has 0 saturated carbocycles. The molecule has 0 amide bonds. The van der Waals surface area contributed by atoms with Crippen LogP contribution in [0.1, 0.15) is 12.0 Å². The van der Waals surface area contributed by atoms with Gasteiger partial charge in [-0.3, -0.25) is 0 Å². The topological polar surface area (TPSA) is 82.0 Å². The molecule has 1 aromatic carbocycles. The first-order valence-corrected chi connectivity index (χ1v) is 7.32. The van der Waals surface area contributed by atoms with Gasteiger partial charge in [-0.1, -0.05) is 11.6 Å². The van der Waals surface area contributed by atoms with E-state index in [4.69, 9.17) is 16.9 Å². The van der Waals surface area contributed by atoms with Crippen LogP contribution in [0, 0.1) is 11.3 Å². The third-order valence-electron chi connectivity index (χ3n) is 2.74. The fourth-order valence-electron chi connectivity index (χ4n) is 1.85. The van der Waals surface area contributed by atoms with Gasteiger partial charge in [0.25, 0.3) is 0 Å². The van der Waals surface area contributed by atoms with E-state index in [1.165, 1.54) is 18.2 Å². The van der Waals surface area contributed by atoms with E-state index in [1.807, 2.05) is 6.07 Å². The highest BCUT2D eigenvalue weighted by Gasteiger charge is 2.25. The average Bonchev–Trinajstić information content (AvgIpc) is 2.81. The number of rotatable bonds is 3. The Morgan fingerprint density at radius 1 is 1.50 bits per heavy atom. The summed E-state index contributed by atoms with van der Waals surface area (Å²) in [6.45, 7) is 1.38. The Kier molecular flexibility index (Phi) is 3.88. The zero-order valence-corrected chi connectivity index (χ0v) is 11.1. The number of hydrogen-bond donors (Lipinski definition) is 2. The molecule has 2 N–H and O–H groups in total. The molecule has 18 heavy (non-hydrogen) atoms. The molecule has 0 unspecified atom stereocenters. The molecule has 1 fully saturated rings. The molecule has 2 rings (SSSR count). The Hall–Kier alpha value is -1.13. The number of nitrogens with one attached hydrogen (secondary N) is 2. The van der Waals surface area contributed by atoms with Crippen molar-refractivity contribution in [3.05, 3.63) is 28.8 Å². The van der Waals surface area contributed by atoms with Crippen LogP contribution in [0.15, 0.2) is 23.1 Å². The molecule has 0 spiro atoms. The maximum absolute atomic E-state index is 12.2. The van der Waals surface area contributed by atoms with Crippen LogP contribution in [0.25, 0.3) is 0 Å². The van der Waals surface area contributed by atoms with Crippen LogP contribution in [0.3, 0.4) is 0 Å². The van der Waals surface area contributed by atoms with Crippen molar-refractivity contribution >= 4 is 21.6 Å². The molecule has 1 heterocycles. The summed E-state index contributed by atoms with van der Waals surface area (Å²) in [4.78, 5) is -0.0654. The Morgan fingerprint density at radius 2 is 2.28 bits per heavy atom. The van der Waals surface area contributed by atoms with E-state index >= 15 is 0 Å². The Bertz CT molecular complexity index is 589. The van der Waals surface area contributed by atoms with Gasteiger partial charge in [0.2, 0.25) is 10.0 Å². The van der Waals surface area contributed by atoms with Gasteiger partial charge in [-0.15, -0.1) is 0 Å². The van der Waals surface area contributed by atoms with E-state index in [1.54, 1.807) is 0 Å². The summed E-state index contributed by atoms with van der Waals surface area (Å²) >= 11 is 5.78. The van der Waals surface area contributed by atoms with Crippen molar-refractivity contribution in [2.75, 3.05) is 13.1 Å². The first kappa shape index (κ1) is 13.3. The molecule has 0 aromatic heterocycles. The van der Waals surface area contributed by atoms with Crippen molar-refractivity contribution in [1.82, 2.24) is 10.0 Å². The first-order chi connectivity index (χ1) is 8.53. The predicted molar refractivity (Wildman–Crippen MR) is 67.8 cm³/mol. The number of halogens is 1. The summed E-state index contributed by atoms with van der Waals surface area (Å²) in [6.07, 6.45) is 0.738. The third kappa shape index (κ3) is 2.82. The minimum Gasteiger partial charge on any atom is -0.315 e. The minimum absolute atomic E-state index is 0.0654. The molecule has 1 atom stereocenters. The SMILES string of the molecule is N#Cc1ccc(Cl)cc1S(=O)(=O)N[C@@H]1CCNC1. The summed E-state index contributed by atoms with van der Waals surface area (Å²) in [5.41, 5.74) is 0.0952. The van der Waals surface area contributed by atoms with Gasteiger partial charge in [-0.05, 0) is 31.2 Å². The summed E-state index contributed by atoms with van der Waals surface area (Å²) in [5, 5.41) is 12.3. The zero-order chi connectivity index (χ0) is 13.2. The van der Waals surface area contributed by atoms with Crippen molar-refractivity contribution in [3.63, 3.8) is 0 Å². The summed E-state index contributed by atoms with van der Waals surface area (Å²) in [7, 11) is -3.71. The van der Waals surface area contributed by atoms with Crippen LogP contribution in [-0.4, -0.2) is 27.5 Å². The van der Waals surface area contributed by atoms with Gasteiger partial charge in [0.1, 0.15) is 11.0 Å². The lowest BCUT2D eigenvalue weighted by Gasteiger charge is -2.13. The quantitative estimate of drug-likeness (QED) is 0.863. The molecule has 0 aliphatic carbocycles. The van der Waals surface area contributed by atoms with E-state index in [0.717, 1.165) is 13.0 Å². The van der Waals surface area contributed by atoms with Crippen LogP contribution in [0.5, 0.6) is 0 Å². The number of hydrogen-bond acceptors (Lipinski definition) is 4. The monoisotopic (exact) mass is 285 g/mol. The first-order valence-electron chi connectivity index (χ1n) is 5.45. The van der Waals surface area contributed by atoms with Gasteiger partial charge < -0.3 is 5.32 Å². The van der Waals surface area contributed by atoms with Crippen molar-refractivity contribution in [2.45, 2.75) is 17.4 Å². The second-order valence-corrected chi connectivity index (χ2v) is 6.18. The maximum Gasteiger partial charge on any atom is 0.242 e. The van der Waals surface area contributed by atoms with Crippen LogP contribution < -0.4 is 10.0 Å². The van der Waals surface area contributed by atoms with Crippen molar-refractivity contribution in [2.24, 2.45) is 0 Å². The van der Waals surface area contributed by atoms with Gasteiger partial charge in [-0.2, -0.15) is 5.26 Å². The highest BCUT2D eigenvalue weighted by Crippen LogP contribution is 2.20. The second kappa shape index (κ2) is 5.24. The van der Waals surface area contributed by atoms with Crippen molar-refractivity contribution in [3.8, 4) is 6.07 Å². The van der Waals surface area contributed by atoms with E-state index in [0.29, 0.717) is 11.6 Å². The van der Waals surface area contributed by atoms with E-state index in [2.05, 4.69) is 10.0 Å². The van der Waals surface area contributed by atoms with Gasteiger partial charge in [0.15, 0.2) is 0 Å². The number of nitrogens with zero attached hydrogens (tertiary/aromatic N) is 1. The molecule has 1 aromatic rings. The normalized spacial score (nSPS) is 19.7. The van der Waals surface area contributed by atoms with E-state index < -0.39 is 10.0 Å². The van der Waals surface area contributed by atoms with Crippen molar-refractivity contribution in [1.29, 1.82) is 5.26 Å². The second-order valence-electron chi connectivity index (χ2n) is 4.06. The zero-order valence-electron chi connectivity index (χ0n) is 9.48. The fraction of sp³-hybridized carbons (Fsp3) is 0.364. The highest BCUT2D eigenvalue weighted by molar-refractivity contribution is 7.89. The molecule has 0 radical (unpaired) electrons. The molecular weight excluding hydrogens is 274 g/mol. The van der Waals surface area contributed by atoms with Gasteiger partial charge >= 0.3 is 0 Å². The molecule has 1 aliphatic heterocycles. The molecule has 1 saturated heterocycles. The van der Waals surface area contributed by atoms with Gasteiger partial charge in [0.05, 0.1) is 5.56 Å². The lowest BCUT2D eigenvalue weighted by molar-refractivity contribution is 0.560. The number of benzene rings is 1. The van der Waals surface area contributed by atoms with Gasteiger partial charge in [-0.25, -0.2) is 13.1 Å². The highest BCUT2D eigenvalue weighted by atomic mass is 35.5. The number of nitriles is 1. The molecule has 7 heteroatoms. The average molecular weight is 286 g/mol. The lowest BCUT2D eigenvalue weighted by atomic mass is 10.2. The van der Waals surface area contributed by atoms with E-state index in [-0.39, 0.29) is 16.5 Å². The van der Waals surface area contributed by atoms with Crippen LogP contribution >= 0.6 is 11.6 Å². The summed E-state index contributed by atoms with van der Waals surface area (Å²) in [5.74, 6) is 0. The minimum atomic E-state index is -3.71. The summed E-state index contributed by atoms with van der Waals surface area (Å²) < 4.78 is 26.9. The maximum atomic E-state index is 12.2. The Labute approximate surface area is 111 Å².